The minimum Gasteiger partial charge on any atom is -0.354 e. The average molecular weight is 371 g/mol. The Morgan fingerprint density at radius 1 is 1.26 bits per heavy atom. The predicted octanol–water partition coefficient (Wildman–Crippen LogP) is 0.333. The molecule has 1 atom stereocenters. The lowest BCUT2D eigenvalue weighted by molar-refractivity contribution is -0.133. The van der Waals surface area contributed by atoms with Gasteiger partial charge in [0.2, 0.25) is 11.8 Å². The van der Waals surface area contributed by atoms with Crippen molar-refractivity contribution < 1.29 is 9.59 Å². The van der Waals surface area contributed by atoms with Gasteiger partial charge in [0, 0.05) is 32.1 Å². The van der Waals surface area contributed by atoms with Crippen molar-refractivity contribution in [1.82, 2.24) is 24.6 Å². The Labute approximate surface area is 157 Å². The quantitative estimate of drug-likeness (QED) is 0.820. The summed E-state index contributed by atoms with van der Waals surface area (Å²) in [6.07, 6.45) is 0.994. The molecule has 1 aliphatic heterocycles. The highest BCUT2D eigenvalue weighted by Crippen LogP contribution is 2.06. The summed E-state index contributed by atoms with van der Waals surface area (Å²) in [4.78, 5) is 38.5. The molecule has 0 radical (unpaired) electrons. The second kappa shape index (κ2) is 8.20. The summed E-state index contributed by atoms with van der Waals surface area (Å²) < 4.78 is 2.81. The molecule has 2 amide bonds. The summed E-state index contributed by atoms with van der Waals surface area (Å²) in [6.45, 7) is 4.83. The van der Waals surface area contributed by atoms with Gasteiger partial charge < -0.3 is 10.2 Å². The van der Waals surface area contributed by atoms with Crippen LogP contribution in [0.4, 0.5) is 0 Å². The SMILES string of the molecule is Cc1nn(CC(=O)N2CCC(=O)NC[C@@H]2C)c(=O)n1CCc1ccccc1. The molecule has 27 heavy (non-hydrogen) atoms. The number of benzene rings is 1. The molecule has 0 saturated carbocycles. The number of nitrogens with one attached hydrogen (secondary N) is 1. The van der Waals surface area contributed by atoms with Gasteiger partial charge in [0.05, 0.1) is 0 Å². The zero-order chi connectivity index (χ0) is 19.4. The monoisotopic (exact) mass is 371 g/mol. The lowest BCUT2D eigenvalue weighted by Crippen LogP contribution is -2.44. The Hall–Kier alpha value is -2.90. The lowest BCUT2D eigenvalue weighted by atomic mass is 10.1. The third-order valence-electron chi connectivity index (χ3n) is 4.89. The first-order valence-corrected chi connectivity index (χ1v) is 9.20. The Morgan fingerprint density at radius 3 is 2.74 bits per heavy atom. The molecule has 0 bridgehead atoms. The molecule has 1 N–H and O–H groups in total. The first-order chi connectivity index (χ1) is 13.0. The van der Waals surface area contributed by atoms with E-state index in [2.05, 4.69) is 10.4 Å². The van der Waals surface area contributed by atoms with E-state index in [4.69, 9.17) is 0 Å². The largest absolute Gasteiger partial charge is 0.354 e. The van der Waals surface area contributed by atoms with Crippen LogP contribution in [-0.4, -0.2) is 50.2 Å². The molecule has 144 valence electrons. The molecule has 1 saturated heterocycles. The van der Waals surface area contributed by atoms with Crippen LogP contribution in [0.5, 0.6) is 0 Å². The van der Waals surface area contributed by atoms with Crippen LogP contribution in [0.3, 0.4) is 0 Å². The third-order valence-corrected chi connectivity index (χ3v) is 4.89. The van der Waals surface area contributed by atoms with Crippen LogP contribution in [0, 0.1) is 6.92 Å². The highest BCUT2D eigenvalue weighted by atomic mass is 16.2. The van der Waals surface area contributed by atoms with Gasteiger partial charge in [-0.25, -0.2) is 9.48 Å². The number of amides is 2. The molecule has 1 aromatic carbocycles. The Kier molecular flexibility index (Phi) is 5.73. The van der Waals surface area contributed by atoms with Crippen LogP contribution in [0.2, 0.25) is 0 Å². The molecule has 1 aliphatic rings. The van der Waals surface area contributed by atoms with Crippen LogP contribution in [0.15, 0.2) is 35.1 Å². The summed E-state index contributed by atoms with van der Waals surface area (Å²) in [5.74, 6) is 0.327. The Morgan fingerprint density at radius 2 is 2.00 bits per heavy atom. The summed E-state index contributed by atoms with van der Waals surface area (Å²) >= 11 is 0. The summed E-state index contributed by atoms with van der Waals surface area (Å²) in [6, 6.07) is 9.82. The highest BCUT2D eigenvalue weighted by Gasteiger charge is 2.25. The van der Waals surface area contributed by atoms with Gasteiger partial charge in [-0.2, -0.15) is 5.10 Å². The van der Waals surface area contributed by atoms with Gasteiger partial charge in [-0.3, -0.25) is 14.2 Å². The minimum absolute atomic E-state index is 0.0599. The van der Waals surface area contributed by atoms with Crippen LogP contribution in [0.1, 0.15) is 24.7 Å². The number of aromatic nitrogens is 3. The van der Waals surface area contributed by atoms with Crippen molar-refractivity contribution >= 4 is 11.8 Å². The standard InChI is InChI=1S/C19H25N5O3/c1-14-12-20-17(25)9-11-22(14)18(26)13-24-19(27)23(15(2)21-24)10-8-16-6-4-3-5-7-16/h3-7,14H,8-13H2,1-2H3,(H,20,25)/t14-/m0/s1. The normalized spacial score (nSPS) is 17.5. The van der Waals surface area contributed by atoms with Crippen molar-refractivity contribution in [2.75, 3.05) is 13.1 Å². The predicted molar refractivity (Wildman–Crippen MR) is 100 cm³/mol. The van der Waals surface area contributed by atoms with Gasteiger partial charge in [0.25, 0.3) is 0 Å². The minimum atomic E-state index is -0.284. The first-order valence-electron chi connectivity index (χ1n) is 9.20. The van der Waals surface area contributed by atoms with Crippen molar-refractivity contribution in [2.24, 2.45) is 0 Å². The van der Waals surface area contributed by atoms with Gasteiger partial charge >= 0.3 is 5.69 Å². The molecule has 8 nitrogen and oxygen atoms in total. The maximum absolute atomic E-state index is 12.7. The molecular formula is C19H25N5O3. The van der Waals surface area contributed by atoms with Crippen molar-refractivity contribution in [3.8, 4) is 0 Å². The summed E-state index contributed by atoms with van der Waals surface area (Å²) in [5, 5.41) is 7.04. The maximum atomic E-state index is 12.7. The van der Waals surface area contributed by atoms with E-state index in [-0.39, 0.29) is 36.5 Å². The van der Waals surface area contributed by atoms with Crippen molar-refractivity contribution in [3.05, 3.63) is 52.2 Å². The van der Waals surface area contributed by atoms with Crippen LogP contribution < -0.4 is 11.0 Å². The van der Waals surface area contributed by atoms with Crippen LogP contribution >= 0.6 is 0 Å². The maximum Gasteiger partial charge on any atom is 0.346 e. The second-order valence-corrected chi connectivity index (χ2v) is 6.86. The van der Waals surface area contributed by atoms with Crippen LogP contribution in [-0.2, 0) is 29.1 Å². The molecule has 0 aliphatic carbocycles. The summed E-state index contributed by atoms with van der Waals surface area (Å²) in [7, 11) is 0. The van der Waals surface area contributed by atoms with Gasteiger partial charge in [-0.05, 0) is 25.8 Å². The smallest absolute Gasteiger partial charge is 0.346 e. The zero-order valence-electron chi connectivity index (χ0n) is 15.7. The molecule has 8 heteroatoms. The van der Waals surface area contributed by atoms with E-state index in [9.17, 15) is 14.4 Å². The lowest BCUT2D eigenvalue weighted by Gasteiger charge is -2.26. The number of hydrogen-bond acceptors (Lipinski definition) is 4. The molecule has 2 aromatic rings. The fourth-order valence-electron chi connectivity index (χ4n) is 3.29. The summed E-state index contributed by atoms with van der Waals surface area (Å²) in [5.41, 5.74) is 0.858. The Bertz CT molecular complexity index is 871. The number of carbonyl (C=O) groups is 2. The van der Waals surface area contributed by atoms with Crippen LogP contribution in [0.25, 0.3) is 0 Å². The third kappa shape index (κ3) is 4.45. The topological polar surface area (TPSA) is 89.2 Å². The second-order valence-electron chi connectivity index (χ2n) is 6.86. The van der Waals surface area contributed by atoms with Crippen molar-refractivity contribution in [3.63, 3.8) is 0 Å². The highest BCUT2D eigenvalue weighted by molar-refractivity contribution is 5.80. The molecule has 1 aromatic heterocycles. The molecule has 2 heterocycles. The van der Waals surface area contributed by atoms with E-state index < -0.39 is 0 Å². The van der Waals surface area contributed by atoms with E-state index >= 15 is 0 Å². The van der Waals surface area contributed by atoms with Crippen molar-refractivity contribution in [2.45, 2.75) is 45.8 Å². The molecule has 0 unspecified atom stereocenters. The number of nitrogens with zero attached hydrogens (tertiary/aromatic N) is 4. The van der Waals surface area contributed by atoms with Crippen molar-refractivity contribution in [1.29, 1.82) is 0 Å². The number of aryl methyl sites for hydroxylation is 2. The van der Waals surface area contributed by atoms with E-state index in [1.54, 1.807) is 16.4 Å². The van der Waals surface area contributed by atoms with Gasteiger partial charge in [-0.1, -0.05) is 30.3 Å². The number of hydrogen-bond donors (Lipinski definition) is 1. The van der Waals surface area contributed by atoms with Gasteiger partial charge in [0.1, 0.15) is 12.4 Å². The van der Waals surface area contributed by atoms with Gasteiger partial charge in [-0.15, -0.1) is 0 Å². The number of rotatable bonds is 5. The van der Waals surface area contributed by atoms with E-state index in [1.165, 1.54) is 4.68 Å². The zero-order valence-corrected chi connectivity index (χ0v) is 15.7. The molecule has 3 rings (SSSR count). The van der Waals surface area contributed by atoms with E-state index in [0.29, 0.717) is 25.5 Å². The fraction of sp³-hybridized carbons (Fsp3) is 0.474. The van der Waals surface area contributed by atoms with E-state index in [0.717, 1.165) is 12.0 Å². The molecule has 0 spiro atoms. The van der Waals surface area contributed by atoms with E-state index in [1.807, 2.05) is 37.3 Å². The van der Waals surface area contributed by atoms with Gasteiger partial charge in [0.15, 0.2) is 0 Å². The Balaban J connectivity index is 1.69. The average Bonchev–Trinajstić information content (AvgIpc) is 2.80. The fourth-order valence-corrected chi connectivity index (χ4v) is 3.29. The molecule has 1 fully saturated rings. The molecular weight excluding hydrogens is 346 g/mol. The first kappa shape index (κ1) is 18.9. The number of carbonyl (C=O) groups excluding carboxylic acids is 2.